The van der Waals surface area contributed by atoms with Gasteiger partial charge in [0.1, 0.15) is 0 Å². The van der Waals surface area contributed by atoms with Gasteiger partial charge in [0, 0.05) is 32.9 Å². The highest BCUT2D eigenvalue weighted by Gasteiger charge is 2.37. The van der Waals surface area contributed by atoms with E-state index < -0.39 is 5.54 Å². The Hall–Kier alpha value is -0.970. The Bertz CT molecular complexity index is 464. The Morgan fingerprint density at radius 2 is 1.61 bits per heavy atom. The third-order valence-electron chi connectivity index (χ3n) is 4.49. The van der Waals surface area contributed by atoms with Crippen LogP contribution >= 0.6 is 24.8 Å². The van der Waals surface area contributed by atoms with Gasteiger partial charge in [0.15, 0.2) is 0 Å². The quantitative estimate of drug-likeness (QED) is 0.876. The van der Waals surface area contributed by atoms with E-state index in [1.807, 2.05) is 32.3 Å². The molecule has 0 aromatic heterocycles. The number of hydrogen-bond donors (Lipinski definition) is 1. The molecule has 1 aromatic carbocycles. The lowest BCUT2D eigenvalue weighted by Crippen LogP contribution is -2.56. The smallest absolute Gasteiger partial charge is 0.242 e. The van der Waals surface area contributed by atoms with Crippen molar-refractivity contribution in [2.45, 2.75) is 37.6 Å². The lowest BCUT2D eigenvalue weighted by Gasteiger charge is -2.36. The molecule has 1 aromatic rings. The lowest BCUT2D eigenvalue weighted by molar-refractivity contribution is -0.136. The summed E-state index contributed by atoms with van der Waals surface area (Å²) in [6, 6.07) is 10.2. The van der Waals surface area contributed by atoms with E-state index in [2.05, 4.69) is 17.0 Å². The van der Waals surface area contributed by atoms with Crippen molar-refractivity contribution in [1.29, 1.82) is 0 Å². The van der Waals surface area contributed by atoms with Crippen molar-refractivity contribution in [3.63, 3.8) is 0 Å². The fourth-order valence-corrected chi connectivity index (χ4v) is 2.99. The zero-order valence-electron chi connectivity index (χ0n) is 14.0. The minimum Gasteiger partial charge on any atom is -0.373 e. The molecular formula is C17H29Cl2N3O. The number of anilines is 1. The largest absolute Gasteiger partial charge is 0.373 e. The van der Waals surface area contributed by atoms with Crippen LogP contribution in [0.3, 0.4) is 0 Å². The monoisotopic (exact) mass is 361 g/mol. The standard InChI is InChI=1S/C17H27N3O.2ClH/c1-19(15-9-5-3-6-10-15)13-14-20(2)16(21)17(18)11-7-4-8-12-17;;/h3,5-6,9-10H,4,7-8,11-14,18H2,1-2H3;2*1H. The van der Waals surface area contributed by atoms with Crippen LogP contribution < -0.4 is 10.6 Å². The number of benzene rings is 1. The first-order valence-electron chi connectivity index (χ1n) is 7.83. The maximum Gasteiger partial charge on any atom is 0.242 e. The number of carbonyl (C=O) groups is 1. The van der Waals surface area contributed by atoms with Gasteiger partial charge in [-0.05, 0) is 25.0 Å². The summed E-state index contributed by atoms with van der Waals surface area (Å²) in [5.41, 5.74) is 6.85. The molecule has 0 radical (unpaired) electrons. The molecule has 0 unspecified atom stereocenters. The number of amides is 1. The minimum absolute atomic E-state index is 0. The Kier molecular flexibility index (Phi) is 9.59. The Morgan fingerprint density at radius 3 is 2.17 bits per heavy atom. The number of halogens is 2. The van der Waals surface area contributed by atoms with E-state index in [0.29, 0.717) is 6.54 Å². The summed E-state index contributed by atoms with van der Waals surface area (Å²) in [6.07, 6.45) is 4.99. The summed E-state index contributed by atoms with van der Waals surface area (Å²) in [6.45, 7) is 1.51. The molecule has 6 heteroatoms. The van der Waals surface area contributed by atoms with Gasteiger partial charge in [-0.3, -0.25) is 4.79 Å². The summed E-state index contributed by atoms with van der Waals surface area (Å²) < 4.78 is 0. The van der Waals surface area contributed by atoms with Crippen molar-refractivity contribution in [3.05, 3.63) is 30.3 Å². The van der Waals surface area contributed by atoms with Gasteiger partial charge in [-0.25, -0.2) is 0 Å². The first-order valence-corrected chi connectivity index (χ1v) is 7.83. The van der Waals surface area contributed by atoms with Crippen LogP contribution in [0.25, 0.3) is 0 Å². The molecule has 0 heterocycles. The van der Waals surface area contributed by atoms with Crippen molar-refractivity contribution in [3.8, 4) is 0 Å². The van der Waals surface area contributed by atoms with Gasteiger partial charge in [-0.1, -0.05) is 37.5 Å². The molecule has 1 saturated carbocycles. The summed E-state index contributed by atoms with van der Waals surface area (Å²) >= 11 is 0. The third kappa shape index (κ3) is 5.87. The highest BCUT2D eigenvalue weighted by atomic mass is 35.5. The number of carbonyl (C=O) groups excluding carboxylic acids is 1. The van der Waals surface area contributed by atoms with Crippen LogP contribution in [0.15, 0.2) is 30.3 Å². The predicted molar refractivity (Wildman–Crippen MR) is 102 cm³/mol. The molecule has 0 spiro atoms. The van der Waals surface area contributed by atoms with Crippen molar-refractivity contribution in [2.24, 2.45) is 5.73 Å². The highest BCUT2D eigenvalue weighted by Crippen LogP contribution is 2.27. The van der Waals surface area contributed by atoms with E-state index in [1.165, 1.54) is 12.1 Å². The fraction of sp³-hybridized carbons (Fsp3) is 0.588. The summed E-state index contributed by atoms with van der Waals surface area (Å²) in [5, 5.41) is 0. The zero-order chi connectivity index (χ0) is 15.3. The molecular weight excluding hydrogens is 333 g/mol. The topological polar surface area (TPSA) is 49.6 Å². The average molecular weight is 362 g/mol. The van der Waals surface area contributed by atoms with Crippen LogP contribution in [0.4, 0.5) is 5.69 Å². The van der Waals surface area contributed by atoms with Gasteiger partial charge in [0.05, 0.1) is 5.54 Å². The number of nitrogens with zero attached hydrogens (tertiary/aromatic N) is 2. The van der Waals surface area contributed by atoms with Crippen LogP contribution in [0.1, 0.15) is 32.1 Å². The normalized spacial score (nSPS) is 15.8. The molecule has 0 bridgehead atoms. The van der Waals surface area contributed by atoms with Crippen LogP contribution in [0, 0.1) is 0 Å². The van der Waals surface area contributed by atoms with E-state index >= 15 is 0 Å². The molecule has 2 rings (SSSR count). The van der Waals surface area contributed by atoms with E-state index in [0.717, 1.165) is 32.2 Å². The van der Waals surface area contributed by atoms with Gasteiger partial charge in [0.2, 0.25) is 5.91 Å². The molecule has 1 amide bonds. The second-order valence-electron chi connectivity index (χ2n) is 6.20. The second kappa shape index (κ2) is 10.0. The van der Waals surface area contributed by atoms with Gasteiger partial charge in [0.25, 0.3) is 0 Å². The maximum absolute atomic E-state index is 12.6. The molecule has 1 aliphatic carbocycles. The van der Waals surface area contributed by atoms with Gasteiger partial charge in [-0.15, -0.1) is 24.8 Å². The maximum atomic E-state index is 12.6. The minimum atomic E-state index is -0.627. The first-order chi connectivity index (χ1) is 10.0. The number of hydrogen-bond acceptors (Lipinski definition) is 3. The predicted octanol–water partition coefficient (Wildman–Crippen LogP) is 3.09. The third-order valence-corrected chi connectivity index (χ3v) is 4.49. The molecule has 4 nitrogen and oxygen atoms in total. The van der Waals surface area contributed by atoms with Crippen LogP contribution in [0.2, 0.25) is 0 Å². The Labute approximate surface area is 152 Å². The molecule has 0 saturated heterocycles. The van der Waals surface area contributed by atoms with Crippen LogP contribution in [-0.2, 0) is 4.79 Å². The summed E-state index contributed by atoms with van der Waals surface area (Å²) in [5.74, 6) is 0.101. The van der Waals surface area contributed by atoms with E-state index in [-0.39, 0.29) is 30.7 Å². The van der Waals surface area contributed by atoms with E-state index in [1.54, 1.807) is 4.90 Å². The molecule has 0 aliphatic heterocycles. The van der Waals surface area contributed by atoms with Gasteiger partial charge in [-0.2, -0.15) is 0 Å². The highest BCUT2D eigenvalue weighted by molar-refractivity contribution is 5.86. The second-order valence-corrected chi connectivity index (χ2v) is 6.20. The molecule has 1 aliphatic rings. The Balaban J connectivity index is 0.00000242. The molecule has 1 fully saturated rings. The van der Waals surface area contributed by atoms with E-state index in [9.17, 15) is 4.79 Å². The summed E-state index contributed by atoms with van der Waals surface area (Å²) in [4.78, 5) is 16.5. The first kappa shape index (κ1) is 22.0. The van der Waals surface area contributed by atoms with Crippen LogP contribution in [0.5, 0.6) is 0 Å². The number of rotatable bonds is 5. The summed E-state index contributed by atoms with van der Waals surface area (Å²) in [7, 11) is 3.91. The SMILES string of the molecule is CN(CCN(C)c1ccccc1)C(=O)C1(N)CCCCC1.Cl.Cl. The zero-order valence-corrected chi connectivity index (χ0v) is 15.7. The van der Waals surface area contributed by atoms with Crippen molar-refractivity contribution < 1.29 is 4.79 Å². The number of likely N-dealkylation sites (N-methyl/N-ethyl adjacent to an activating group) is 2. The van der Waals surface area contributed by atoms with Gasteiger partial charge >= 0.3 is 0 Å². The lowest BCUT2D eigenvalue weighted by atomic mass is 9.81. The van der Waals surface area contributed by atoms with Gasteiger partial charge < -0.3 is 15.5 Å². The molecule has 2 N–H and O–H groups in total. The molecule has 23 heavy (non-hydrogen) atoms. The number of para-hydroxylation sites is 1. The average Bonchev–Trinajstić information content (AvgIpc) is 2.53. The van der Waals surface area contributed by atoms with E-state index in [4.69, 9.17) is 5.73 Å². The van der Waals surface area contributed by atoms with Crippen molar-refractivity contribution >= 4 is 36.4 Å². The van der Waals surface area contributed by atoms with Crippen molar-refractivity contribution in [1.82, 2.24) is 4.90 Å². The van der Waals surface area contributed by atoms with Crippen molar-refractivity contribution in [2.75, 3.05) is 32.1 Å². The van der Waals surface area contributed by atoms with Crippen LogP contribution in [-0.4, -0.2) is 43.5 Å². The molecule has 0 atom stereocenters. The fourth-order valence-electron chi connectivity index (χ4n) is 2.99. The Morgan fingerprint density at radius 1 is 1.04 bits per heavy atom. The number of nitrogens with two attached hydrogens (primary N) is 1. The molecule has 132 valence electrons.